The summed E-state index contributed by atoms with van der Waals surface area (Å²) in [4.78, 5) is 0. The third kappa shape index (κ3) is 15.1. The van der Waals surface area contributed by atoms with Gasteiger partial charge in [0.05, 0.1) is 0 Å². The van der Waals surface area contributed by atoms with Crippen molar-refractivity contribution in [2.45, 2.75) is 117 Å². The van der Waals surface area contributed by atoms with Crippen LogP contribution in [0.4, 0.5) is 0 Å². The first-order chi connectivity index (χ1) is 21.7. The standard InChI is InChI=1S/C40H54N2O2.2HI/c1-3-5-7-9-11-13-15-29-41-31-17-19-39(33-41)43-37-25-21-35(22-26-37)36-23-27-38(28-24-36)44-40-20-18-32-42(34-40)30-16-14-12-10-8-6-4-2;;/h17-28,31-34H,3-16,29-30H2,1-2H3;2*1H/q+2;;/p-2. The lowest BCUT2D eigenvalue weighted by Gasteiger charge is -2.08. The molecule has 0 aliphatic carbocycles. The van der Waals surface area contributed by atoms with E-state index in [1.165, 1.54) is 89.9 Å². The molecule has 0 amide bonds. The molecule has 0 N–H and O–H groups in total. The van der Waals surface area contributed by atoms with Crippen LogP contribution in [0.1, 0.15) is 104 Å². The number of unbranched alkanes of at least 4 members (excludes halogenated alkanes) is 12. The van der Waals surface area contributed by atoms with Crippen LogP contribution in [0.3, 0.4) is 0 Å². The number of benzene rings is 2. The number of nitrogens with zero attached hydrogens (tertiary/aromatic N) is 2. The first-order valence-corrected chi connectivity index (χ1v) is 17.3. The molecule has 0 spiro atoms. The minimum atomic E-state index is 0. The van der Waals surface area contributed by atoms with E-state index < -0.39 is 0 Å². The normalized spacial score (nSPS) is 10.6. The number of hydrogen-bond donors (Lipinski definition) is 0. The van der Waals surface area contributed by atoms with Gasteiger partial charge in [-0.2, -0.15) is 0 Å². The van der Waals surface area contributed by atoms with Gasteiger partial charge in [-0.15, -0.1) is 0 Å². The second-order valence-corrected chi connectivity index (χ2v) is 12.1. The van der Waals surface area contributed by atoms with Gasteiger partial charge in [0.15, 0.2) is 23.9 Å². The molecule has 250 valence electrons. The first-order valence-electron chi connectivity index (χ1n) is 17.3. The summed E-state index contributed by atoms with van der Waals surface area (Å²) in [6.45, 7) is 6.61. The molecular weight excluding hydrogens is 794 g/mol. The highest BCUT2D eigenvalue weighted by Gasteiger charge is 2.08. The lowest BCUT2D eigenvalue weighted by molar-refractivity contribution is -0.697. The Morgan fingerprint density at radius 3 is 1.13 bits per heavy atom. The maximum absolute atomic E-state index is 6.18. The molecule has 4 nitrogen and oxygen atoms in total. The Kier molecular flexibility index (Phi) is 20.9. The number of halogens is 2. The van der Waals surface area contributed by atoms with Crippen LogP contribution in [-0.2, 0) is 13.1 Å². The zero-order valence-electron chi connectivity index (χ0n) is 28.0. The summed E-state index contributed by atoms with van der Waals surface area (Å²) < 4.78 is 16.9. The Morgan fingerprint density at radius 2 is 0.761 bits per heavy atom. The molecule has 4 aromatic rings. The van der Waals surface area contributed by atoms with Gasteiger partial charge in [0.1, 0.15) is 24.6 Å². The van der Waals surface area contributed by atoms with E-state index >= 15 is 0 Å². The van der Waals surface area contributed by atoms with Gasteiger partial charge in [-0.1, -0.05) is 102 Å². The fourth-order valence-corrected chi connectivity index (χ4v) is 5.60. The van der Waals surface area contributed by atoms with Gasteiger partial charge in [0, 0.05) is 25.0 Å². The molecule has 46 heavy (non-hydrogen) atoms. The quantitative estimate of drug-likeness (QED) is 0.0670. The first kappa shape index (κ1) is 40.0. The van der Waals surface area contributed by atoms with Gasteiger partial charge < -0.3 is 57.4 Å². The summed E-state index contributed by atoms with van der Waals surface area (Å²) >= 11 is 0. The van der Waals surface area contributed by atoms with Crippen LogP contribution >= 0.6 is 0 Å². The summed E-state index contributed by atoms with van der Waals surface area (Å²) in [7, 11) is 0. The minimum absolute atomic E-state index is 0. The Balaban J connectivity index is 0.00000368. The predicted molar refractivity (Wildman–Crippen MR) is 181 cm³/mol. The monoisotopic (exact) mass is 848 g/mol. The molecule has 0 radical (unpaired) electrons. The molecule has 0 bridgehead atoms. The molecular formula is C40H54I2N2O2. The van der Waals surface area contributed by atoms with Crippen LogP contribution < -0.4 is 66.6 Å². The van der Waals surface area contributed by atoms with Crippen LogP contribution in [0.15, 0.2) is 97.6 Å². The molecule has 0 fully saturated rings. The summed E-state index contributed by atoms with van der Waals surface area (Å²) in [6.07, 6.45) is 27.0. The maximum Gasteiger partial charge on any atom is 0.211 e. The van der Waals surface area contributed by atoms with Crippen molar-refractivity contribution in [2.75, 3.05) is 0 Å². The molecule has 0 unspecified atom stereocenters. The molecule has 0 aliphatic heterocycles. The van der Waals surface area contributed by atoms with E-state index in [9.17, 15) is 0 Å². The van der Waals surface area contributed by atoms with Crippen LogP contribution in [0.5, 0.6) is 23.0 Å². The summed E-state index contributed by atoms with van der Waals surface area (Å²) in [5.41, 5.74) is 2.30. The summed E-state index contributed by atoms with van der Waals surface area (Å²) in [5.74, 6) is 3.43. The van der Waals surface area contributed by atoms with Crippen molar-refractivity contribution in [3.05, 3.63) is 97.6 Å². The molecule has 6 heteroatoms. The van der Waals surface area contributed by atoms with Crippen molar-refractivity contribution in [2.24, 2.45) is 0 Å². The van der Waals surface area contributed by atoms with Gasteiger partial charge in [0.25, 0.3) is 0 Å². The maximum atomic E-state index is 6.18. The highest BCUT2D eigenvalue weighted by molar-refractivity contribution is 5.65. The molecule has 2 aromatic heterocycles. The van der Waals surface area contributed by atoms with Crippen LogP contribution in [0.25, 0.3) is 11.1 Å². The fourth-order valence-electron chi connectivity index (χ4n) is 5.60. The third-order valence-electron chi connectivity index (χ3n) is 8.22. The number of aryl methyl sites for hydroxylation is 2. The van der Waals surface area contributed by atoms with Gasteiger partial charge in [-0.25, -0.2) is 9.13 Å². The second kappa shape index (κ2) is 24.0. The minimum Gasteiger partial charge on any atom is -1.00 e. The van der Waals surface area contributed by atoms with Gasteiger partial charge >= 0.3 is 0 Å². The van der Waals surface area contributed by atoms with E-state index in [4.69, 9.17) is 9.47 Å². The van der Waals surface area contributed by atoms with E-state index in [0.29, 0.717) is 0 Å². The van der Waals surface area contributed by atoms with Crippen LogP contribution in [-0.4, -0.2) is 0 Å². The fraction of sp³-hybridized carbons (Fsp3) is 0.450. The predicted octanol–water partition coefficient (Wildman–Crippen LogP) is 5.02. The average Bonchev–Trinajstić information content (AvgIpc) is 3.05. The van der Waals surface area contributed by atoms with Crippen LogP contribution in [0, 0.1) is 0 Å². The Morgan fingerprint density at radius 1 is 0.413 bits per heavy atom. The van der Waals surface area contributed by atoms with E-state index in [-0.39, 0.29) is 48.0 Å². The molecule has 4 rings (SSSR count). The Labute approximate surface area is 313 Å². The lowest BCUT2D eigenvalue weighted by atomic mass is 10.1. The smallest absolute Gasteiger partial charge is 0.211 e. The molecule has 0 atom stereocenters. The Bertz CT molecular complexity index is 1240. The van der Waals surface area contributed by atoms with Crippen molar-refractivity contribution in [1.29, 1.82) is 0 Å². The van der Waals surface area contributed by atoms with Crippen molar-refractivity contribution >= 4 is 0 Å². The number of rotatable bonds is 21. The molecule has 0 saturated carbocycles. The average molecular weight is 849 g/mol. The van der Waals surface area contributed by atoms with Crippen molar-refractivity contribution in [3.63, 3.8) is 0 Å². The number of pyridine rings is 2. The number of hydrogen-bond acceptors (Lipinski definition) is 2. The largest absolute Gasteiger partial charge is 1.00 e. The Hall–Kier alpha value is -2.20. The van der Waals surface area contributed by atoms with E-state index in [0.717, 1.165) is 47.2 Å². The molecule has 2 heterocycles. The highest BCUT2D eigenvalue weighted by Crippen LogP contribution is 2.28. The number of aromatic nitrogens is 2. The third-order valence-corrected chi connectivity index (χ3v) is 8.22. The van der Waals surface area contributed by atoms with Crippen LogP contribution in [0.2, 0.25) is 0 Å². The van der Waals surface area contributed by atoms with Crippen molar-refractivity contribution in [1.82, 2.24) is 0 Å². The number of ether oxygens (including phenoxy) is 2. The van der Waals surface area contributed by atoms with Crippen molar-refractivity contribution < 1.29 is 66.6 Å². The lowest BCUT2D eigenvalue weighted by Crippen LogP contribution is -3.00. The highest BCUT2D eigenvalue weighted by atomic mass is 127. The van der Waals surface area contributed by atoms with E-state index in [1.807, 2.05) is 36.4 Å². The topological polar surface area (TPSA) is 26.2 Å². The van der Waals surface area contributed by atoms with Crippen molar-refractivity contribution in [3.8, 4) is 34.1 Å². The molecule has 2 aromatic carbocycles. The summed E-state index contributed by atoms with van der Waals surface area (Å²) in [5, 5.41) is 0. The van der Waals surface area contributed by atoms with Gasteiger partial charge in [0.2, 0.25) is 12.4 Å². The molecule has 0 saturated heterocycles. The van der Waals surface area contributed by atoms with E-state index in [1.54, 1.807) is 0 Å². The van der Waals surface area contributed by atoms with Gasteiger partial charge in [-0.05, 0) is 60.4 Å². The zero-order valence-corrected chi connectivity index (χ0v) is 32.3. The molecule has 0 aliphatic rings. The summed E-state index contributed by atoms with van der Waals surface area (Å²) in [6, 6.07) is 24.8. The second-order valence-electron chi connectivity index (χ2n) is 12.1. The zero-order chi connectivity index (χ0) is 30.7. The SMILES string of the molecule is CCCCCCCCC[n+]1cccc(Oc2ccc(-c3ccc(Oc4ccc[n+](CCCCCCCCC)c4)cc3)cc2)c1.[I-].[I-]. The van der Waals surface area contributed by atoms with E-state index in [2.05, 4.69) is 84.2 Å². The van der Waals surface area contributed by atoms with Gasteiger partial charge in [-0.3, -0.25) is 0 Å².